The maximum Gasteiger partial charge on any atom is 0.263 e. The molecule has 0 spiro atoms. The quantitative estimate of drug-likeness (QED) is 0.212. The Balaban J connectivity index is 1.80. The Labute approximate surface area is 181 Å². The lowest BCUT2D eigenvalue weighted by Crippen LogP contribution is -2.22. The number of aromatic nitrogens is 3. The molecule has 0 radical (unpaired) electrons. The van der Waals surface area contributed by atoms with Crippen LogP contribution in [0.2, 0.25) is 5.02 Å². The van der Waals surface area contributed by atoms with Crippen LogP contribution in [0.25, 0.3) is 21.3 Å². The molecule has 0 atom stereocenters. The monoisotopic (exact) mass is 443 g/mol. The predicted molar refractivity (Wildman–Crippen MR) is 120 cm³/mol. The summed E-state index contributed by atoms with van der Waals surface area (Å²) in [7, 11) is 0. The van der Waals surface area contributed by atoms with E-state index < -0.39 is 0 Å². The Morgan fingerprint density at radius 2 is 2.07 bits per heavy atom. The lowest BCUT2D eigenvalue weighted by Gasteiger charge is -2.10. The van der Waals surface area contributed by atoms with Crippen LogP contribution < -0.4 is 5.56 Å². The van der Waals surface area contributed by atoms with Crippen molar-refractivity contribution in [3.8, 4) is 11.1 Å². The molecule has 3 heterocycles. The van der Waals surface area contributed by atoms with Gasteiger partial charge in [0.1, 0.15) is 10.6 Å². The zero-order valence-corrected chi connectivity index (χ0v) is 18.3. The predicted octanol–water partition coefficient (Wildman–Crippen LogP) is 5.86. The first-order valence-corrected chi connectivity index (χ1v) is 11.2. The molecular weight excluding hydrogens is 426 g/mol. The Bertz CT molecular complexity index is 1240. The van der Waals surface area contributed by atoms with Gasteiger partial charge in [0.25, 0.3) is 5.56 Å². The molecule has 0 amide bonds. The molecule has 148 valence electrons. The number of nitrogens with zero attached hydrogens (tertiary/aromatic N) is 3. The molecule has 0 saturated heterocycles. The maximum atomic E-state index is 13.4. The summed E-state index contributed by atoms with van der Waals surface area (Å²) in [6, 6.07) is 7.48. The molecule has 8 heteroatoms. The van der Waals surface area contributed by atoms with Gasteiger partial charge in [0.2, 0.25) is 0 Å². The number of hydrogen-bond acceptors (Lipinski definition) is 6. The number of rotatable bonds is 6. The SMILES string of the molecule is C=CCn1c(SCc2c(C)noc2C)nc2scc(-c3ccc(Cl)cc3)c2c1=O. The second-order valence-corrected chi connectivity index (χ2v) is 8.76. The van der Waals surface area contributed by atoms with Gasteiger partial charge in [-0.25, -0.2) is 4.98 Å². The molecule has 4 rings (SSSR count). The van der Waals surface area contributed by atoms with E-state index in [1.54, 1.807) is 10.6 Å². The van der Waals surface area contributed by atoms with Gasteiger partial charge < -0.3 is 4.52 Å². The first-order valence-electron chi connectivity index (χ1n) is 8.93. The van der Waals surface area contributed by atoms with E-state index in [1.165, 1.54) is 23.1 Å². The molecule has 5 nitrogen and oxygen atoms in total. The third kappa shape index (κ3) is 3.77. The van der Waals surface area contributed by atoms with E-state index in [0.29, 0.717) is 27.9 Å². The summed E-state index contributed by atoms with van der Waals surface area (Å²) in [5.41, 5.74) is 3.64. The van der Waals surface area contributed by atoms with Crippen LogP contribution in [0.5, 0.6) is 0 Å². The lowest BCUT2D eigenvalue weighted by molar-refractivity contribution is 0.392. The standard InChI is InChI=1S/C21H18ClN3O2S2/c1-4-9-25-20(26)18-17(14-5-7-15(22)8-6-14)11-28-19(18)23-21(25)29-10-16-12(2)24-27-13(16)3/h4-8,11H,1,9-10H2,2-3H3. The molecule has 0 aliphatic carbocycles. The second kappa shape index (κ2) is 8.18. The van der Waals surface area contributed by atoms with Crippen molar-refractivity contribution in [2.24, 2.45) is 0 Å². The van der Waals surface area contributed by atoms with Crippen LogP contribution >= 0.6 is 34.7 Å². The molecule has 0 aliphatic rings. The fraction of sp³-hybridized carbons (Fsp3) is 0.190. The topological polar surface area (TPSA) is 60.9 Å². The molecule has 0 bridgehead atoms. The van der Waals surface area contributed by atoms with E-state index in [1.807, 2.05) is 43.5 Å². The number of halogens is 1. The van der Waals surface area contributed by atoms with Gasteiger partial charge in [0.15, 0.2) is 5.16 Å². The highest BCUT2D eigenvalue weighted by Gasteiger charge is 2.18. The smallest absolute Gasteiger partial charge is 0.263 e. The Kier molecular flexibility index (Phi) is 5.63. The summed E-state index contributed by atoms with van der Waals surface area (Å²) >= 11 is 8.98. The van der Waals surface area contributed by atoms with E-state index in [9.17, 15) is 4.79 Å². The van der Waals surface area contributed by atoms with Crippen molar-refractivity contribution in [3.63, 3.8) is 0 Å². The van der Waals surface area contributed by atoms with Gasteiger partial charge >= 0.3 is 0 Å². The van der Waals surface area contributed by atoms with Crippen molar-refractivity contribution < 1.29 is 4.52 Å². The number of allylic oxidation sites excluding steroid dienone is 1. The first kappa shape index (κ1) is 19.9. The van der Waals surface area contributed by atoms with Crippen LogP contribution in [-0.4, -0.2) is 14.7 Å². The third-order valence-corrected chi connectivity index (χ3v) is 6.78. The highest BCUT2D eigenvalue weighted by atomic mass is 35.5. The number of hydrogen-bond donors (Lipinski definition) is 0. The van der Waals surface area contributed by atoms with Gasteiger partial charge in [0, 0.05) is 33.8 Å². The Hall–Kier alpha value is -2.35. The van der Waals surface area contributed by atoms with E-state index >= 15 is 0 Å². The number of aryl methyl sites for hydroxylation is 2. The molecule has 0 saturated carbocycles. The highest BCUT2D eigenvalue weighted by molar-refractivity contribution is 7.98. The molecule has 0 N–H and O–H groups in total. The van der Waals surface area contributed by atoms with Crippen molar-refractivity contribution in [1.29, 1.82) is 0 Å². The van der Waals surface area contributed by atoms with E-state index in [4.69, 9.17) is 21.1 Å². The maximum absolute atomic E-state index is 13.4. The van der Waals surface area contributed by atoms with Gasteiger partial charge in [-0.15, -0.1) is 17.9 Å². The fourth-order valence-electron chi connectivity index (χ4n) is 3.09. The number of benzene rings is 1. The summed E-state index contributed by atoms with van der Waals surface area (Å²) < 4.78 is 6.91. The summed E-state index contributed by atoms with van der Waals surface area (Å²) in [6.45, 7) is 8.00. The van der Waals surface area contributed by atoms with Gasteiger partial charge in [-0.3, -0.25) is 9.36 Å². The third-order valence-electron chi connectivity index (χ3n) is 4.65. The second-order valence-electron chi connectivity index (χ2n) is 6.53. The van der Waals surface area contributed by atoms with Crippen LogP contribution in [0.4, 0.5) is 0 Å². The molecule has 29 heavy (non-hydrogen) atoms. The number of thioether (sulfide) groups is 1. The average molecular weight is 444 g/mol. The summed E-state index contributed by atoms with van der Waals surface area (Å²) in [5.74, 6) is 1.42. The van der Waals surface area contributed by atoms with Gasteiger partial charge in [-0.1, -0.05) is 46.7 Å². The van der Waals surface area contributed by atoms with E-state index in [-0.39, 0.29) is 5.56 Å². The van der Waals surface area contributed by atoms with E-state index in [2.05, 4.69) is 11.7 Å². The average Bonchev–Trinajstić information content (AvgIpc) is 3.27. The van der Waals surface area contributed by atoms with Gasteiger partial charge in [-0.05, 0) is 31.5 Å². The Morgan fingerprint density at radius 1 is 1.31 bits per heavy atom. The fourth-order valence-corrected chi connectivity index (χ4v) is 5.37. The van der Waals surface area contributed by atoms with Crippen LogP contribution in [-0.2, 0) is 12.3 Å². The zero-order valence-electron chi connectivity index (χ0n) is 15.9. The van der Waals surface area contributed by atoms with Crippen molar-refractivity contribution in [1.82, 2.24) is 14.7 Å². The minimum absolute atomic E-state index is 0.0673. The lowest BCUT2D eigenvalue weighted by atomic mass is 10.1. The summed E-state index contributed by atoms with van der Waals surface area (Å²) in [6.07, 6.45) is 1.71. The van der Waals surface area contributed by atoms with Crippen LogP contribution in [0.3, 0.4) is 0 Å². The van der Waals surface area contributed by atoms with Crippen LogP contribution in [0.1, 0.15) is 17.0 Å². The molecular formula is C21H18ClN3O2S2. The van der Waals surface area contributed by atoms with Crippen molar-refractivity contribution in [2.45, 2.75) is 31.3 Å². The number of thiophene rings is 1. The molecule has 1 aromatic carbocycles. The zero-order chi connectivity index (χ0) is 20.5. The largest absolute Gasteiger partial charge is 0.361 e. The van der Waals surface area contributed by atoms with Crippen molar-refractivity contribution >= 4 is 44.9 Å². The molecule has 0 unspecified atom stereocenters. The highest BCUT2D eigenvalue weighted by Crippen LogP contribution is 2.33. The van der Waals surface area contributed by atoms with Crippen LogP contribution in [0, 0.1) is 13.8 Å². The van der Waals surface area contributed by atoms with E-state index in [0.717, 1.165) is 33.0 Å². The first-order chi connectivity index (χ1) is 14.0. The molecule has 3 aromatic heterocycles. The Morgan fingerprint density at radius 3 is 2.72 bits per heavy atom. The normalized spacial score (nSPS) is 11.3. The molecule has 0 fully saturated rings. The summed E-state index contributed by atoms with van der Waals surface area (Å²) in [4.78, 5) is 18.9. The summed E-state index contributed by atoms with van der Waals surface area (Å²) in [5, 5.41) is 7.92. The van der Waals surface area contributed by atoms with Crippen molar-refractivity contribution in [2.75, 3.05) is 0 Å². The van der Waals surface area contributed by atoms with Gasteiger partial charge in [-0.2, -0.15) is 0 Å². The van der Waals surface area contributed by atoms with Crippen LogP contribution in [0.15, 0.2) is 56.8 Å². The molecule has 0 aliphatic heterocycles. The van der Waals surface area contributed by atoms with Crippen molar-refractivity contribution in [3.05, 3.63) is 74.7 Å². The minimum atomic E-state index is -0.0673. The van der Waals surface area contributed by atoms with Gasteiger partial charge in [0.05, 0.1) is 11.1 Å². The number of fused-ring (bicyclic) bond motifs is 1. The molecule has 4 aromatic rings. The minimum Gasteiger partial charge on any atom is -0.361 e.